The molecule has 46 heavy (non-hydrogen) atoms. The molecule has 1 unspecified atom stereocenters. The second-order valence-electron chi connectivity index (χ2n) is 13.0. The first kappa shape index (κ1) is 30.4. The first-order valence-electron chi connectivity index (χ1n) is 15.9. The molecule has 0 N–H and O–H groups in total. The molecule has 1 spiro atoms. The molecule has 4 fully saturated rings. The highest BCUT2D eigenvalue weighted by Crippen LogP contribution is 2.56. The summed E-state index contributed by atoms with van der Waals surface area (Å²) in [5, 5.41) is 13.9. The Labute approximate surface area is 268 Å². The number of nitro groups is 1. The van der Waals surface area contributed by atoms with E-state index in [2.05, 4.69) is 39.0 Å². The Kier molecular flexibility index (Phi) is 7.82. The number of rotatable bonds is 9. The van der Waals surface area contributed by atoms with Crippen LogP contribution in [0.4, 0.5) is 16.2 Å². The van der Waals surface area contributed by atoms with Gasteiger partial charge in [0.15, 0.2) is 5.75 Å². The summed E-state index contributed by atoms with van der Waals surface area (Å²) in [5.41, 5.74) is 1.84. The van der Waals surface area contributed by atoms with Gasteiger partial charge in [-0.15, -0.1) is 0 Å². The van der Waals surface area contributed by atoms with Gasteiger partial charge in [0.25, 0.3) is 5.91 Å². The Morgan fingerprint density at radius 2 is 1.78 bits per heavy atom. The van der Waals surface area contributed by atoms with Gasteiger partial charge < -0.3 is 19.3 Å². The molecular formula is C34H40N6O6. The summed E-state index contributed by atoms with van der Waals surface area (Å²) in [6.07, 6.45) is 0.666. The van der Waals surface area contributed by atoms with Crippen LogP contribution in [-0.4, -0.2) is 116 Å². The quantitative estimate of drug-likeness (QED) is 0.199. The molecule has 4 saturated heterocycles. The molecule has 4 aliphatic rings. The molecule has 3 aromatic rings. The average molecular weight is 629 g/mol. The molecule has 4 heterocycles. The van der Waals surface area contributed by atoms with Crippen molar-refractivity contribution in [3.63, 3.8) is 0 Å². The van der Waals surface area contributed by atoms with E-state index in [0.29, 0.717) is 52.4 Å². The lowest BCUT2D eigenvalue weighted by atomic mass is 9.87. The van der Waals surface area contributed by atoms with E-state index in [1.165, 1.54) is 12.0 Å². The monoisotopic (exact) mass is 628 g/mol. The number of likely N-dealkylation sites (tertiary alicyclic amines) is 1. The minimum atomic E-state index is -0.994. The van der Waals surface area contributed by atoms with Crippen LogP contribution in [0.5, 0.6) is 5.75 Å². The fraction of sp³-hybridized carbons (Fsp3) is 0.471. The molecule has 3 atom stereocenters. The zero-order chi connectivity index (χ0) is 32.2. The molecule has 12 nitrogen and oxygen atoms in total. The third-order valence-electron chi connectivity index (χ3n) is 10.3. The lowest BCUT2D eigenvalue weighted by Crippen LogP contribution is -2.51. The zero-order valence-electron chi connectivity index (χ0n) is 26.6. The molecule has 0 saturated carbocycles. The molecule has 3 aromatic carbocycles. The minimum absolute atomic E-state index is 0.0807. The molecule has 242 valence electrons. The fourth-order valence-electron chi connectivity index (χ4n) is 8.16. The summed E-state index contributed by atoms with van der Waals surface area (Å²) in [7, 11) is 5.47. The Hall–Kier alpha value is -4.26. The summed E-state index contributed by atoms with van der Waals surface area (Å²) in [6.45, 7) is 5.21. The Morgan fingerprint density at radius 3 is 2.50 bits per heavy atom. The third-order valence-corrected chi connectivity index (χ3v) is 10.3. The largest absolute Gasteiger partial charge is 0.490 e. The molecule has 0 radical (unpaired) electrons. The van der Waals surface area contributed by atoms with Gasteiger partial charge in [0, 0.05) is 83.0 Å². The molecule has 7 rings (SSSR count). The van der Waals surface area contributed by atoms with Crippen molar-refractivity contribution < 1.29 is 24.0 Å². The summed E-state index contributed by atoms with van der Waals surface area (Å²) < 4.78 is 10.7. The summed E-state index contributed by atoms with van der Waals surface area (Å²) in [4.78, 5) is 50.1. The van der Waals surface area contributed by atoms with Gasteiger partial charge in [0.1, 0.15) is 5.54 Å². The van der Waals surface area contributed by atoms with Crippen LogP contribution in [0, 0.1) is 16.0 Å². The van der Waals surface area contributed by atoms with Gasteiger partial charge in [-0.25, -0.2) is 4.79 Å². The zero-order valence-corrected chi connectivity index (χ0v) is 26.6. The number of ether oxygens (including phenoxy) is 2. The van der Waals surface area contributed by atoms with Crippen LogP contribution in [0.2, 0.25) is 0 Å². The molecular weight excluding hydrogens is 588 g/mol. The number of methoxy groups -OCH3 is 1. The number of hydrogen-bond acceptors (Lipinski definition) is 9. The number of urea groups is 1. The van der Waals surface area contributed by atoms with Crippen molar-refractivity contribution in [3.05, 3.63) is 75.8 Å². The molecule has 4 aliphatic heterocycles. The number of nitro benzene ring substituents is 1. The van der Waals surface area contributed by atoms with E-state index in [1.807, 2.05) is 37.2 Å². The molecule has 0 aromatic heterocycles. The van der Waals surface area contributed by atoms with Crippen molar-refractivity contribution in [1.82, 2.24) is 19.6 Å². The first-order chi connectivity index (χ1) is 22.2. The smallest absolute Gasteiger partial charge is 0.328 e. The highest BCUT2D eigenvalue weighted by atomic mass is 16.6. The topological polar surface area (TPSA) is 112 Å². The van der Waals surface area contributed by atoms with E-state index < -0.39 is 10.5 Å². The normalized spacial score (nSPS) is 24.9. The minimum Gasteiger partial charge on any atom is -0.490 e. The van der Waals surface area contributed by atoms with Crippen LogP contribution in [-0.2, 0) is 16.1 Å². The molecule has 12 heteroatoms. The maximum Gasteiger partial charge on any atom is 0.328 e. The Balaban J connectivity index is 1.23. The Morgan fingerprint density at radius 1 is 1.02 bits per heavy atom. The van der Waals surface area contributed by atoms with Crippen molar-refractivity contribution in [2.75, 3.05) is 78.6 Å². The van der Waals surface area contributed by atoms with Gasteiger partial charge in [-0.3, -0.25) is 29.6 Å². The van der Waals surface area contributed by atoms with Crippen molar-refractivity contribution in [3.8, 4) is 5.75 Å². The van der Waals surface area contributed by atoms with E-state index in [1.54, 1.807) is 12.1 Å². The van der Waals surface area contributed by atoms with Gasteiger partial charge in [-0.2, -0.15) is 0 Å². The van der Waals surface area contributed by atoms with Gasteiger partial charge in [0.05, 0.1) is 31.3 Å². The summed E-state index contributed by atoms with van der Waals surface area (Å²) in [6, 6.07) is 17.0. The predicted octanol–water partition coefficient (Wildman–Crippen LogP) is 3.73. The highest BCUT2D eigenvalue weighted by molar-refractivity contribution is 6.09. The number of carbonyl (C=O) groups is 2. The number of fused-ring (bicyclic) bond motifs is 1. The SMILES string of the molecule is COc1ccc(CN2C[C@H]3C[C@@H](c4ccc(N(C)C)c5ccccc45)N4C(=O)N(CCN5CCOCC5)C(=O)C34C2)cc1[N+](=O)[O-]. The van der Waals surface area contributed by atoms with Crippen molar-refractivity contribution in [1.29, 1.82) is 0 Å². The fourth-order valence-corrected chi connectivity index (χ4v) is 8.16. The number of anilines is 1. The van der Waals surface area contributed by atoms with Crippen LogP contribution >= 0.6 is 0 Å². The second kappa shape index (κ2) is 11.8. The number of morpholine rings is 1. The average Bonchev–Trinajstić information content (AvgIpc) is 3.63. The van der Waals surface area contributed by atoms with Gasteiger partial charge >= 0.3 is 11.7 Å². The highest BCUT2D eigenvalue weighted by Gasteiger charge is 2.70. The van der Waals surface area contributed by atoms with Crippen molar-refractivity contribution >= 4 is 34.1 Å². The van der Waals surface area contributed by atoms with Gasteiger partial charge in [-0.05, 0) is 35.1 Å². The second-order valence-corrected chi connectivity index (χ2v) is 13.0. The Bertz CT molecular complexity index is 1690. The van der Waals surface area contributed by atoms with E-state index in [0.717, 1.165) is 40.7 Å². The van der Waals surface area contributed by atoms with Crippen LogP contribution < -0.4 is 9.64 Å². The molecule has 0 aliphatic carbocycles. The lowest BCUT2D eigenvalue weighted by molar-refractivity contribution is -0.385. The van der Waals surface area contributed by atoms with Crippen LogP contribution in [0.25, 0.3) is 10.8 Å². The number of amides is 3. The first-order valence-corrected chi connectivity index (χ1v) is 15.9. The maximum atomic E-state index is 14.6. The van der Waals surface area contributed by atoms with Gasteiger partial charge in [0.2, 0.25) is 0 Å². The van der Waals surface area contributed by atoms with E-state index >= 15 is 0 Å². The van der Waals surface area contributed by atoms with Crippen molar-refractivity contribution in [2.24, 2.45) is 5.92 Å². The number of carbonyl (C=O) groups excluding carboxylic acids is 2. The number of imide groups is 1. The van der Waals surface area contributed by atoms with E-state index in [-0.39, 0.29) is 35.3 Å². The number of nitrogens with zero attached hydrogens (tertiary/aromatic N) is 6. The van der Waals surface area contributed by atoms with Crippen LogP contribution in [0.15, 0.2) is 54.6 Å². The summed E-state index contributed by atoms with van der Waals surface area (Å²) in [5.74, 6) is -0.00168. The molecule has 0 bridgehead atoms. The third kappa shape index (κ3) is 4.86. The number of benzene rings is 3. The maximum absolute atomic E-state index is 14.6. The van der Waals surface area contributed by atoms with E-state index in [4.69, 9.17) is 9.47 Å². The van der Waals surface area contributed by atoms with Crippen molar-refractivity contribution in [2.45, 2.75) is 24.5 Å². The van der Waals surface area contributed by atoms with Crippen LogP contribution in [0.1, 0.15) is 23.6 Å². The van der Waals surface area contributed by atoms with Gasteiger partial charge in [-0.1, -0.05) is 36.4 Å². The van der Waals surface area contributed by atoms with Crippen LogP contribution in [0.3, 0.4) is 0 Å². The molecule has 3 amide bonds. The summed E-state index contributed by atoms with van der Waals surface area (Å²) >= 11 is 0. The number of hydrogen-bond donors (Lipinski definition) is 0. The lowest BCUT2D eigenvalue weighted by Gasteiger charge is -2.32. The predicted molar refractivity (Wildman–Crippen MR) is 173 cm³/mol. The van der Waals surface area contributed by atoms with E-state index in [9.17, 15) is 19.7 Å². The standard InChI is InChI=1S/C34H40N6O6/c1-35(2)28-10-9-27(25-6-4-5-7-26(25)28)29-19-24-21-37(20-23-8-11-31(45-3)30(18-23)40(43)44)22-34(24)32(41)38(33(42)39(29)34)13-12-36-14-16-46-17-15-36/h4-11,18,24,29H,12-17,19-22H2,1-3H3/t24-,29+,34?/m1/s1.